The Balaban J connectivity index is 0.00000131. The molecule has 0 aromatic heterocycles. The Bertz CT molecular complexity index is 778. The quantitative estimate of drug-likeness (QED) is 0.746. The third kappa shape index (κ3) is 5.05. The second-order valence-electron chi connectivity index (χ2n) is 6.69. The summed E-state index contributed by atoms with van der Waals surface area (Å²) in [7, 11) is 0. The first-order chi connectivity index (χ1) is 12.3. The largest absolute Gasteiger partial charge is 1.00 e. The summed E-state index contributed by atoms with van der Waals surface area (Å²) in [6.45, 7) is 3.99. The third-order valence-electron chi connectivity index (χ3n) is 4.93. The number of hydrogen-bond donors (Lipinski definition) is 0. The number of Topliss-reactive ketones (excluding diaryl/α,β-unsaturated/α-hetero) is 1. The van der Waals surface area contributed by atoms with Crippen molar-refractivity contribution in [1.29, 1.82) is 0 Å². The van der Waals surface area contributed by atoms with E-state index in [0.717, 1.165) is 33.2 Å². The minimum absolute atomic E-state index is 0. The molecular weight excluding hydrogens is 382 g/mol. The van der Waals surface area contributed by atoms with Gasteiger partial charge in [-0.25, -0.2) is 0 Å². The summed E-state index contributed by atoms with van der Waals surface area (Å²) in [6.07, 6.45) is 4.40. The average molecular weight is 407 g/mol. The number of ether oxygens (including phenoxy) is 1. The van der Waals surface area contributed by atoms with Crippen molar-refractivity contribution in [2.75, 3.05) is 26.2 Å². The number of ketones is 1. The number of halogens is 1. The predicted octanol–water partition coefficient (Wildman–Crippen LogP) is 0.621. The Morgan fingerprint density at radius 2 is 1.78 bits per heavy atom. The molecule has 1 saturated heterocycles. The summed E-state index contributed by atoms with van der Waals surface area (Å²) in [5.74, 6) is 1.01. The van der Waals surface area contributed by atoms with Gasteiger partial charge in [-0.15, -0.1) is 0 Å². The van der Waals surface area contributed by atoms with Crippen molar-refractivity contribution in [3.63, 3.8) is 0 Å². The normalized spacial score (nSPS) is 16.2. The molecule has 0 amide bonds. The van der Waals surface area contributed by atoms with E-state index in [4.69, 9.17) is 4.74 Å². The van der Waals surface area contributed by atoms with Crippen LogP contribution >= 0.6 is 11.8 Å². The highest BCUT2D eigenvalue weighted by atomic mass is 35.5. The maximum atomic E-state index is 12.7. The van der Waals surface area contributed by atoms with Crippen molar-refractivity contribution in [2.24, 2.45) is 0 Å². The van der Waals surface area contributed by atoms with Crippen LogP contribution < -0.4 is 17.1 Å². The van der Waals surface area contributed by atoms with Gasteiger partial charge in [-0.2, -0.15) is 0 Å². The van der Waals surface area contributed by atoms with E-state index in [-0.39, 0.29) is 23.7 Å². The van der Waals surface area contributed by atoms with Crippen LogP contribution in [0, 0.1) is 0 Å². The molecule has 0 spiro atoms. The fraction of sp³-hybridized carbons (Fsp3) is 0.381. The Hall–Kier alpha value is -1.53. The first-order valence-electron chi connectivity index (χ1n) is 9.08. The van der Waals surface area contributed by atoms with Crippen LogP contribution in [0.4, 0.5) is 0 Å². The molecule has 2 aromatic carbocycles. The van der Waals surface area contributed by atoms with Gasteiger partial charge in [0.15, 0.2) is 5.78 Å². The third-order valence-corrected chi connectivity index (χ3v) is 6.17. The Labute approximate surface area is 171 Å². The highest BCUT2D eigenvalue weighted by Crippen LogP contribution is 2.42. The lowest BCUT2D eigenvalue weighted by molar-refractivity contribution is -0.0000146. The summed E-state index contributed by atoms with van der Waals surface area (Å²) in [6, 6.07) is 14.0. The standard InChI is InChI=1S/C21H23NO2S.ClH.H2O/c23-18-15-16-7-2-3-10-20(16)25-21-17(18)8-6-9-19(21)24-14-13-22-11-4-1-5-12-22;;/h2-3,6-10H,1,4-5,11-15H2;1H;1H2/p-1. The highest BCUT2D eigenvalue weighted by molar-refractivity contribution is 7.99. The molecule has 27 heavy (non-hydrogen) atoms. The molecule has 0 atom stereocenters. The van der Waals surface area contributed by atoms with Gasteiger partial charge in [0.1, 0.15) is 12.4 Å². The number of piperidine rings is 1. The number of nitrogens with zero attached hydrogens (tertiary/aromatic N) is 1. The maximum Gasteiger partial charge on any atom is 0.168 e. The Kier molecular flexibility index (Phi) is 8.17. The zero-order valence-corrected chi connectivity index (χ0v) is 16.8. The predicted molar refractivity (Wildman–Crippen MR) is 104 cm³/mol. The van der Waals surface area contributed by atoms with E-state index in [1.54, 1.807) is 11.8 Å². The minimum Gasteiger partial charge on any atom is -1.00 e. The molecule has 0 radical (unpaired) electrons. The van der Waals surface area contributed by atoms with E-state index in [1.165, 1.54) is 32.4 Å². The summed E-state index contributed by atoms with van der Waals surface area (Å²) in [5, 5.41) is 0. The molecule has 4 nitrogen and oxygen atoms in total. The molecule has 2 aliphatic heterocycles. The van der Waals surface area contributed by atoms with Crippen LogP contribution in [-0.2, 0) is 6.42 Å². The average Bonchev–Trinajstić information content (AvgIpc) is 2.79. The number of likely N-dealkylation sites (tertiary alicyclic amines) is 1. The second-order valence-corrected chi connectivity index (χ2v) is 7.75. The van der Waals surface area contributed by atoms with E-state index in [0.29, 0.717) is 13.0 Å². The van der Waals surface area contributed by atoms with E-state index < -0.39 is 0 Å². The van der Waals surface area contributed by atoms with Gasteiger partial charge in [-0.3, -0.25) is 9.69 Å². The molecular formula is C21H25ClNO3S-. The van der Waals surface area contributed by atoms with Gasteiger partial charge < -0.3 is 22.6 Å². The molecule has 0 bridgehead atoms. The number of fused-ring (bicyclic) bond motifs is 2. The fourth-order valence-corrected chi connectivity index (χ4v) is 4.71. The highest BCUT2D eigenvalue weighted by Gasteiger charge is 2.23. The number of rotatable bonds is 4. The SMILES string of the molecule is O.O=C1Cc2ccccc2Sc2c(OCCN3CCCCC3)cccc21.[Cl-]. The lowest BCUT2D eigenvalue weighted by Crippen LogP contribution is -3.00. The lowest BCUT2D eigenvalue weighted by Gasteiger charge is -2.26. The van der Waals surface area contributed by atoms with Crippen LogP contribution in [0.25, 0.3) is 0 Å². The summed E-state index contributed by atoms with van der Waals surface area (Å²) in [4.78, 5) is 17.3. The molecule has 6 heteroatoms. The van der Waals surface area contributed by atoms with Gasteiger partial charge >= 0.3 is 0 Å². The Morgan fingerprint density at radius 1 is 1.00 bits per heavy atom. The van der Waals surface area contributed by atoms with E-state index in [1.807, 2.05) is 36.4 Å². The van der Waals surface area contributed by atoms with Crippen LogP contribution in [0.15, 0.2) is 52.3 Å². The Morgan fingerprint density at radius 3 is 2.59 bits per heavy atom. The van der Waals surface area contributed by atoms with Gasteiger partial charge in [0.2, 0.25) is 0 Å². The van der Waals surface area contributed by atoms with Crippen LogP contribution in [0.1, 0.15) is 35.2 Å². The van der Waals surface area contributed by atoms with Crippen LogP contribution in [0.2, 0.25) is 0 Å². The summed E-state index contributed by atoms with van der Waals surface area (Å²) >= 11 is 1.66. The van der Waals surface area contributed by atoms with Crippen molar-refractivity contribution < 1.29 is 27.4 Å². The van der Waals surface area contributed by atoms with E-state index in [9.17, 15) is 4.79 Å². The van der Waals surface area contributed by atoms with Crippen molar-refractivity contribution >= 4 is 17.5 Å². The molecule has 2 heterocycles. The number of carbonyl (C=O) groups is 1. The minimum atomic E-state index is 0. The fourth-order valence-electron chi connectivity index (χ4n) is 3.55. The van der Waals surface area contributed by atoms with Crippen LogP contribution in [0.5, 0.6) is 5.75 Å². The van der Waals surface area contributed by atoms with Gasteiger partial charge in [0.25, 0.3) is 0 Å². The molecule has 2 aliphatic rings. The van der Waals surface area contributed by atoms with E-state index in [2.05, 4.69) is 11.0 Å². The zero-order chi connectivity index (χ0) is 17.1. The molecule has 0 aliphatic carbocycles. The van der Waals surface area contributed by atoms with Gasteiger partial charge in [0, 0.05) is 23.4 Å². The second kappa shape index (κ2) is 10.1. The van der Waals surface area contributed by atoms with Crippen molar-refractivity contribution in [2.45, 2.75) is 35.5 Å². The van der Waals surface area contributed by atoms with Crippen molar-refractivity contribution in [1.82, 2.24) is 4.90 Å². The molecule has 0 unspecified atom stereocenters. The smallest absolute Gasteiger partial charge is 0.168 e. The lowest BCUT2D eigenvalue weighted by atomic mass is 10.0. The monoisotopic (exact) mass is 406 g/mol. The first-order valence-corrected chi connectivity index (χ1v) is 9.90. The zero-order valence-electron chi connectivity index (χ0n) is 15.2. The summed E-state index contributed by atoms with van der Waals surface area (Å²) < 4.78 is 6.11. The number of hydrogen-bond acceptors (Lipinski definition) is 4. The van der Waals surface area contributed by atoms with Gasteiger partial charge in [-0.05, 0) is 49.7 Å². The molecule has 146 valence electrons. The van der Waals surface area contributed by atoms with Crippen LogP contribution in [-0.4, -0.2) is 42.4 Å². The maximum absolute atomic E-state index is 12.7. The van der Waals surface area contributed by atoms with E-state index >= 15 is 0 Å². The van der Waals surface area contributed by atoms with Crippen molar-refractivity contribution in [3.05, 3.63) is 53.6 Å². The summed E-state index contributed by atoms with van der Waals surface area (Å²) in [5.41, 5.74) is 1.89. The topological polar surface area (TPSA) is 61.0 Å². The number of carbonyl (C=O) groups excluding carboxylic acids is 1. The first kappa shape index (κ1) is 21.8. The van der Waals surface area contributed by atoms with Crippen LogP contribution in [0.3, 0.4) is 0 Å². The molecule has 2 aromatic rings. The molecule has 2 N–H and O–H groups in total. The molecule has 1 fully saturated rings. The molecule has 0 saturated carbocycles. The van der Waals surface area contributed by atoms with Gasteiger partial charge in [0.05, 0.1) is 4.90 Å². The number of benzene rings is 2. The van der Waals surface area contributed by atoms with Crippen molar-refractivity contribution in [3.8, 4) is 5.75 Å². The molecule has 4 rings (SSSR count). The van der Waals surface area contributed by atoms with Gasteiger partial charge in [-0.1, -0.05) is 42.4 Å².